The highest BCUT2D eigenvalue weighted by atomic mass is 32.2. The van der Waals surface area contributed by atoms with E-state index in [1.54, 1.807) is 32.1 Å². The maximum Gasteiger partial charge on any atom is 0.427 e. The van der Waals surface area contributed by atoms with Gasteiger partial charge in [0.15, 0.2) is 17.3 Å². The lowest BCUT2D eigenvalue weighted by Crippen LogP contribution is -2.50. The average Bonchev–Trinajstić information content (AvgIpc) is 4.08. The van der Waals surface area contributed by atoms with E-state index in [0.717, 1.165) is 11.0 Å². The van der Waals surface area contributed by atoms with Crippen LogP contribution in [0.4, 0.5) is 22.0 Å². The molecule has 2 amide bonds. The number of hydrogen-bond acceptors (Lipinski definition) is 11. The summed E-state index contributed by atoms with van der Waals surface area (Å²) >= 11 is 0. The Morgan fingerprint density at radius 3 is 2.50 bits per heavy atom. The number of pyridine rings is 1. The minimum atomic E-state index is -4.94. The predicted molar refractivity (Wildman–Crippen MR) is 205 cm³/mol. The molecule has 330 valence electrons. The van der Waals surface area contributed by atoms with Crippen LogP contribution in [-0.2, 0) is 38.7 Å². The molecule has 4 aliphatic rings. The Morgan fingerprint density at radius 2 is 1.87 bits per heavy atom. The van der Waals surface area contributed by atoms with Crippen LogP contribution in [0.25, 0.3) is 10.8 Å². The van der Waals surface area contributed by atoms with Crippen LogP contribution in [0.2, 0.25) is 0 Å². The maximum absolute atomic E-state index is 14.9. The van der Waals surface area contributed by atoms with E-state index in [1.165, 1.54) is 19.4 Å². The molecule has 2 aromatic rings. The Hall–Kier alpha value is -4.39. The molecule has 1 aromatic heterocycles. The molecule has 3 heterocycles. The summed E-state index contributed by atoms with van der Waals surface area (Å²) in [7, 11) is -3.16. The second kappa shape index (κ2) is 16.8. The number of alkyl halides is 4. The monoisotopic (exact) mass is 871 g/mol. The molecule has 6 rings (SSSR count). The van der Waals surface area contributed by atoms with Crippen LogP contribution in [-0.4, -0.2) is 103 Å². The normalized spacial score (nSPS) is 29.1. The van der Waals surface area contributed by atoms with Gasteiger partial charge in [-0.05, 0) is 88.8 Å². The van der Waals surface area contributed by atoms with Crippen LogP contribution >= 0.6 is 0 Å². The van der Waals surface area contributed by atoms with E-state index in [-0.39, 0.29) is 55.7 Å². The van der Waals surface area contributed by atoms with Gasteiger partial charge < -0.3 is 23.8 Å². The number of ether oxygens (including phenoxy) is 4. The molecule has 60 heavy (non-hydrogen) atoms. The molecule has 1 aromatic carbocycles. The second-order valence-corrected chi connectivity index (χ2v) is 18.9. The van der Waals surface area contributed by atoms with Gasteiger partial charge in [0.1, 0.15) is 17.5 Å². The number of esters is 1. The van der Waals surface area contributed by atoms with Gasteiger partial charge in [-0.25, -0.2) is 22.2 Å². The predicted octanol–water partition coefficient (Wildman–Crippen LogP) is 6.07. The Morgan fingerprint density at radius 1 is 1.15 bits per heavy atom. The first-order chi connectivity index (χ1) is 28.1. The Labute approximate surface area is 344 Å². The molecule has 2 aliphatic heterocycles. The van der Waals surface area contributed by atoms with Crippen molar-refractivity contribution in [2.75, 3.05) is 20.3 Å². The molecular weight excluding hydrogens is 822 g/mol. The van der Waals surface area contributed by atoms with Gasteiger partial charge >= 0.3 is 12.1 Å². The molecule has 0 spiro atoms. The van der Waals surface area contributed by atoms with Crippen LogP contribution in [0.5, 0.6) is 11.6 Å². The van der Waals surface area contributed by atoms with Gasteiger partial charge in [0.05, 0.1) is 49.7 Å². The van der Waals surface area contributed by atoms with Gasteiger partial charge in [-0.2, -0.15) is 13.2 Å². The number of methoxy groups -OCH3 is 1. The van der Waals surface area contributed by atoms with Crippen LogP contribution in [0, 0.1) is 23.1 Å². The second-order valence-electron chi connectivity index (χ2n) is 16.9. The number of allylic oxidation sites excluding steroid dienone is 2. The topological polar surface area (TPSA) is 167 Å². The third-order valence-corrected chi connectivity index (χ3v) is 14.4. The van der Waals surface area contributed by atoms with Crippen molar-refractivity contribution in [2.45, 2.75) is 126 Å². The first-order valence-corrected chi connectivity index (χ1v) is 21.4. The zero-order valence-electron chi connectivity index (χ0n) is 34.0. The molecule has 1 saturated heterocycles. The van der Waals surface area contributed by atoms with Crippen molar-refractivity contribution in [3.05, 3.63) is 42.4 Å². The zero-order valence-corrected chi connectivity index (χ0v) is 34.8. The van der Waals surface area contributed by atoms with Crippen LogP contribution in [0.3, 0.4) is 0 Å². The highest BCUT2D eigenvalue weighted by molar-refractivity contribution is 7.91. The molecule has 0 radical (unpaired) electrons. The van der Waals surface area contributed by atoms with Crippen molar-refractivity contribution in [1.82, 2.24) is 14.6 Å². The Balaban J connectivity index is 1.38. The third-order valence-electron chi connectivity index (χ3n) is 12.2. The van der Waals surface area contributed by atoms with Crippen LogP contribution < -0.4 is 14.2 Å². The van der Waals surface area contributed by atoms with E-state index < -0.39 is 117 Å². The number of Topliss-reactive ketones (excluding diaryl/α,β-unsaturated/α-hetero) is 1. The summed E-state index contributed by atoms with van der Waals surface area (Å²) in [5, 5.41) is 0.734. The number of carbonyl (C=O) groups is 4. The summed E-state index contributed by atoms with van der Waals surface area (Å²) in [6.07, 6.45) is -3.18. The third kappa shape index (κ3) is 8.97. The van der Waals surface area contributed by atoms with Crippen molar-refractivity contribution in [2.24, 2.45) is 17.3 Å². The fourth-order valence-electron chi connectivity index (χ4n) is 8.08. The highest BCUT2D eigenvalue weighted by Gasteiger charge is 2.63. The number of fused-ring (bicyclic) bond motifs is 3. The Bertz CT molecular complexity index is 2150. The lowest BCUT2D eigenvalue weighted by atomic mass is 9.90. The highest BCUT2D eigenvalue weighted by Crippen LogP contribution is 2.58. The van der Waals surface area contributed by atoms with Gasteiger partial charge in [0.25, 0.3) is 0 Å². The molecular formula is C41H50F5N3O10S. The number of ketones is 1. The zero-order chi connectivity index (χ0) is 44.0. The van der Waals surface area contributed by atoms with Crippen molar-refractivity contribution in [3.63, 3.8) is 0 Å². The van der Waals surface area contributed by atoms with Gasteiger partial charge in [-0.1, -0.05) is 19.1 Å². The van der Waals surface area contributed by atoms with E-state index in [2.05, 4.69) is 4.98 Å². The van der Waals surface area contributed by atoms with Gasteiger partial charge in [-0.3, -0.25) is 23.9 Å². The van der Waals surface area contributed by atoms with Crippen molar-refractivity contribution >= 4 is 44.4 Å². The quantitative estimate of drug-likeness (QED) is 0.158. The summed E-state index contributed by atoms with van der Waals surface area (Å²) in [5.74, 6) is -6.65. The smallest absolute Gasteiger partial charge is 0.427 e. The lowest BCUT2D eigenvalue weighted by Gasteiger charge is -2.34. The van der Waals surface area contributed by atoms with E-state index >= 15 is 0 Å². The number of nitrogens with one attached hydrogen (secondary N) is 1. The summed E-state index contributed by atoms with van der Waals surface area (Å²) in [4.78, 5) is 62.2. The largest absolute Gasteiger partial charge is 0.494 e. The molecule has 7 atom stereocenters. The van der Waals surface area contributed by atoms with Gasteiger partial charge in [-0.15, -0.1) is 0 Å². The summed E-state index contributed by atoms with van der Waals surface area (Å²) in [6, 6.07) is 2.83. The molecule has 2 saturated carbocycles. The van der Waals surface area contributed by atoms with Crippen molar-refractivity contribution in [3.8, 4) is 11.6 Å². The molecule has 1 N–H and O–H groups in total. The maximum atomic E-state index is 14.9. The van der Waals surface area contributed by atoms with Crippen molar-refractivity contribution < 1.29 is 68.5 Å². The molecule has 13 nitrogen and oxygen atoms in total. The first kappa shape index (κ1) is 45.1. The fourth-order valence-corrected chi connectivity index (χ4v) is 9.53. The number of hydrogen-bond donors (Lipinski definition) is 1. The number of rotatable bonds is 11. The average molecular weight is 872 g/mol. The number of nitrogens with zero attached hydrogens (tertiary/aromatic N) is 2. The van der Waals surface area contributed by atoms with Crippen LogP contribution in [0.15, 0.2) is 36.5 Å². The minimum absolute atomic E-state index is 0.0229. The standard InChI is InChI=1S/C41H50F5N3O10S/c1-6-32-28(18-34(51)59-38(3,4)41(44,45)46)36(52)49-21-26(58-35-27-17-29(43)33(56-5)15-24(27)11-14-47-35)16-30(49)31(50)20-40(19-25(40)10-8-7-9-23(2)57-32)37(53)48-60(54,55)39(22-42)12-13-39/h8,10-11,14-15,17,23,25-26,28,30,32H,6-7,9,12-13,16,18-22H2,1-5H3,(H,48,53)/b10-8-/t23-,25-,26-,28+,30+,32+,40-/m1/s1. The summed E-state index contributed by atoms with van der Waals surface area (Å²) in [5.41, 5.74) is -4.48. The van der Waals surface area contributed by atoms with Crippen LogP contribution in [0.1, 0.15) is 85.5 Å². The molecule has 3 fully saturated rings. The van der Waals surface area contributed by atoms with Gasteiger partial charge in [0, 0.05) is 24.4 Å². The number of benzene rings is 1. The first-order valence-electron chi connectivity index (χ1n) is 20.0. The number of aromatic nitrogens is 1. The van der Waals surface area contributed by atoms with E-state index in [1.807, 2.05) is 4.72 Å². The summed E-state index contributed by atoms with van der Waals surface area (Å²) < 4.78 is 119. The molecule has 0 unspecified atom stereocenters. The Kier molecular flexibility index (Phi) is 12.7. The fraction of sp³-hybridized carbons (Fsp3) is 0.634. The number of carbonyl (C=O) groups excluding carboxylic acids is 4. The number of halogens is 5. The van der Waals surface area contributed by atoms with E-state index in [4.69, 9.17) is 18.9 Å². The van der Waals surface area contributed by atoms with Crippen molar-refractivity contribution in [1.29, 1.82) is 0 Å². The SMILES string of the molecule is CC[C@@H]1O[C@H](C)CC/C=C\[C@@H]2C[C@@]2(C(=O)NS(=O)(=O)C2(CF)CC2)CC(=O)[C@@H]2C[C@@H](Oc3nccc4cc(OC)c(F)cc34)CN2C(=O)[C@H]1CC(=O)OC(C)(C)C(F)(F)F. The number of amides is 2. The molecule has 19 heteroatoms. The van der Waals surface area contributed by atoms with E-state index in [0.29, 0.717) is 32.1 Å². The molecule has 0 bridgehead atoms. The van der Waals surface area contributed by atoms with E-state index in [9.17, 15) is 49.5 Å². The molecule has 2 aliphatic carbocycles. The minimum Gasteiger partial charge on any atom is -0.494 e. The lowest BCUT2D eigenvalue weighted by molar-refractivity contribution is -0.258. The van der Waals surface area contributed by atoms with Gasteiger partial charge in [0.2, 0.25) is 33.3 Å². The summed E-state index contributed by atoms with van der Waals surface area (Å²) in [6.45, 7) is 3.25. The number of sulfonamides is 1.